The van der Waals surface area contributed by atoms with Crippen LogP contribution in [0.5, 0.6) is 0 Å². The van der Waals surface area contributed by atoms with Crippen molar-refractivity contribution < 1.29 is 14.3 Å². The van der Waals surface area contributed by atoms with Gasteiger partial charge in [0.05, 0.1) is 12.9 Å². The minimum Gasteiger partial charge on any atom is -0.465 e. The lowest BCUT2D eigenvalue weighted by Gasteiger charge is -2.23. The van der Waals surface area contributed by atoms with E-state index in [9.17, 15) is 9.59 Å². The van der Waals surface area contributed by atoms with Crippen LogP contribution >= 0.6 is 0 Å². The first-order valence-corrected chi connectivity index (χ1v) is 5.72. The van der Waals surface area contributed by atoms with Crippen molar-refractivity contribution in [1.29, 1.82) is 0 Å². The van der Waals surface area contributed by atoms with Crippen molar-refractivity contribution in [3.05, 3.63) is 18.2 Å². The van der Waals surface area contributed by atoms with Crippen molar-refractivity contribution in [1.82, 2.24) is 9.55 Å². The van der Waals surface area contributed by atoms with Gasteiger partial charge in [-0.3, -0.25) is 4.79 Å². The number of carbonyl (C=O) groups is 2. The van der Waals surface area contributed by atoms with Gasteiger partial charge < -0.3 is 14.1 Å². The molecule has 0 aromatic carbocycles. The molecule has 92 valence electrons. The normalized spacial score (nSPS) is 28.1. The van der Waals surface area contributed by atoms with Gasteiger partial charge in [-0.2, -0.15) is 0 Å². The van der Waals surface area contributed by atoms with Crippen molar-refractivity contribution in [2.24, 2.45) is 18.4 Å². The van der Waals surface area contributed by atoms with Gasteiger partial charge in [-0.25, -0.2) is 4.98 Å². The lowest BCUT2D eigenvalue weighted by atomic mass is 9.74. The summed E-state index contributed by atoms with van der Waals surface area (Å²) in [6, 6.07) is 0. The summed E-state index contributed by atoms with van der Waals surface area (Å²) in [5.41, 5.74) is 0.0394. The second kappa shape index (κ2) is 4.31. The molecule has 2 rings (SSSR count). The molecule has 0 amide bonds. The van der Waals surface area contributed by atoms with Crippen molar-refractivity contribution in [3.8, 4) is 0 Å². The number of aryl methyl sites for hydroxylation is 1. The van der Waals surface area contributed by atoms with Crippen LogP contribution in [0.25, 0.3) is 0 Å². The maximum atomic E-state index is 11.7. The molecule has 1 fully saturated rings. The summed E-state index contributed by atoms with van der Waals surface area (Å²) in [6.07, 6.45) is 5.34. The fourth-order valence-corrected chi connectivity index (χ4v) is 2.36. The molecule has 0 N–H and O–H groups in total. The Morgan fingerprint density at radius 3 is 3.00 bits per heavy atom. The molecule has 1 aliphatic heterocycles. The number of esters is 1. The van der Waals surface area contributed by atoms with Crippen LogP contribution in [0.15, 0.2) is 12.5 Å². The Hall–Kier alpha value is -1.65. The van der Waals surface area contributed by atoms with E-state index in [4.69, 9.17) is 4.74 Å². The molecule has 0 bridgehead atoms. The number of hydrogen-bond acceptors (Lipinski definition) is 4. The van der Waals surface area contributed by atoms with E-state index in [0.29, 0.717) is 19.4 Å². The molecule has 1 aromatic heterocycles. The Bertz CT molecular complexity index is 441. The highest BCUT2D eigenvalue weighted by atomic mass is 16.5. The van der Waals surface area contributed by atoms with Crippen molar-refractivity contribution in [2.45, 2.75) is 19.8 Å². The average molecular weight is 236 g/mol. The van der Waals surface area contributed by atoms with Crippen LogP contribution in [0.4, 0.5) is 0 Å². The van der Waals surface area contributed by atoms with Crippen molar-refractivity contribution in [2.75, 3.05) is 6.61 Å². The summed E-state index contributed by atoms with van der Waals surface area (Å²) in [5.74, 6) is -0.477. The Morgan fingerprint density at radius 1 is 1.71 bits per heavy atom. The smallest absolute Gasteiger partial charge is 0.319 e. The fraction of sp³-hybridized carbons (Fsp3) is 0.583. The van der Waals surface area contributed by atoms with E-state index in [1.165, 1.54) is 0 Å². The zero-order valence-corrected chi connectivity index (χ0v) is 10.0. The molecular weight excluding hydrogens is 220 g/mol. The fourth-order valence-electron chi connectivity index (χ4n) is 2.36. The molecule has 0 spiro atoms. The number of nitrogens with zero attached hydrogens (tertiary/aromatic N) is 2. The summed E-state index contributed by atoms with van der Waals surface area (Å²) in [7, 11) is 1.90. The monoisotopic (exact) mass is 236 g/mol. The number of hydrogen-bond donors (Lipinski definition) is 0. The van der Waals surface area contributed by atoms with Gasteiger partial charge in [-0.15, -0.1) is 0 Å². The molecule has 0 unspecified atom stereocenters. The van der Waals surface area contributed by atoms with E-state index < -0.39 is 5.41 Å². The minimum atomic E-state index is -0.968. The number of rotatable bonds is 4. The summed E-state index contributed by atoms with van der Waals surface area (Å²) in [6.45, 7) is 2.16. The standard InChI is InChI=1S/C12H16N2O3/c1-3-12(7-15)9(6-17-11(12)16)4-10-5-13-8-14(10)2/h5,7-9H,3-4,6H2,1-2H3/t9-,12+/m0/s1. The molecule has 1 aromatic rings. The Kier molecular flexibility index (Phi) is 3.00. The first-order chi connectivity index (χ1) is 8.14. The van der Waals surface area contributed by atoms with E-state index in [-0.39, 0.29) is 11.9 Å². The van der Waals surface area contributed by atoms with Gasteiger partial charge in [-0.05, 0) is 12.8 Å². The lowest BCUT2D eigenvalue weighted by molar-refractivity contribution is -0.148. The number of imidazole rings is 1. The molecule has 17 heavy (non-hydrogen) atoms. The van der Waals surface area contributed by atoms with E-state index >= 15 is 0 Å². The Labute approximate surface area is 99.8 Å². The first-order valence-electron chi connectivity index (χ1n) is 5.72. The molecule has 5 nitrogen and oxygen atoms in total. The Morgan fingerprint density at radius 2 is 2.47 bits per heavy atom. The van der Waals surface area contributed by atoms with Gasteiger partial charge in [-0.1, -0.05) is 6.92 Å². The highest BCUT2D eigenvalue weighted by Gasteiger charge is 2.51. The molecule has 1 saturated heterocycles. The van der Waals surface area contributed by atoms with E-state index in [1.54, 1.807) is 12.5 Å². The molecular formula is C12H16N2O3. The van der Waals surface area contributed by atoms with Gasteiger partial charge in [0.25, 0.3) is 0 Å². The van der Waals surface area contributed by atoms with Crippen molar-refractivity contribution >= 4 is 12.3 Å². The predicted molar refractivity (Wildman–Crippen MR) is 60.1 cm³/mol. The zero-order valence-electron chi connectivity index (χ0n) is 10.0. The number of carbonyl (C=O) groups excluding carboxylic acids is 2. The summed E-state index contributed by atoms with van der Waals surface area (Å²) in [5, 5.41) is 0. The third-order valence-corrected chi connectivity index (χ3v) is 3.69. The van der Waals surface area contributed by atoms with E-state index in [2.05, 4.69) is 4.98 Å². The molecule has 5 heteroatoms. The van der Waals surface area contributed by atoms with Crippen LogP contribution in [0.3, 0.4) is 0 Å². The van der Waals surface area contributed by atoms with E-state index in [1.807, 2.05) is 18.5 Å². The quantitative estimate of drug-likeness (QED) is 0.439. The molecule has 2 atom stereocenters. The second-order valence-corrected chi connectivity index (χ2v) is 4.51. The van der Waals surface area contributed by atoms with Crippen LogP contribution in [0.2, 0.25) is 0 Å². The van der Waals surface area contributed by atoms with Gasteiger partial charge in [0.15, 0.2) is 0 Å². The highest BCUT2D eigenvalue weighted by Crippen LogP contribution is 2.38. The van der Waals surface area contributed by atoms with Gasteiger partial charge in [0, 0.05) is 24.9 Å². The number of ether oxygens (including phenoxy) is 1. The molecule has 1 aliphatic rings. The summed E-state index contributed by atoms with van der Waals surface area (Å²) < 4.78 is 6.95. The van der Waals surface area contributed by atoms with Gasteiger partial charge in [0.1, 0.15) is 11.7 Å². The van der Waals surface area contributed by atoms with Crippen molar-refractivity contribution in [3.63, 3.8) is 0 Å². The molecule has 0 saturated carbocycles. The summed E-state index contributed by atoms with van der Waals surface area (Å²) >= 11 is 0. The van der Waals surface area contributed by atoms with Crippen LogP contribution < -0.4 is 0 Å². The second-order valence-electron chi connectivity index (χ2n) is 4.51. The minimum absolute atomic E-state index is 0.0899. The largest absolute Gasteiger partial charge is 0.465 e. The first kappa shape index (κ1) is 11.8. The van der Waals surface area contributed by atoms with Gasteiger partial charge >= 0.3 is 5.97 Å². The third kappa shape index (κ3) is 1.75. The maximum Gasteiger partial charge on any atom is 0.319 e. The predicted octanol–water partition coefficient (Wildman–Crippen LogP) is 0.731. The van der Waals surface area contributed by atoms with Crippen LogP contribution in [-0.2, 0) is 27.8 Å². The number of aromatic nitrogens is 2. The van der Waals surface area contributed by atoms with Crippen LogP contribution in [0.1, 0.15) is 19.0 Å². The topological polar surface area (TPSA) is 61.2 Å². The summed E-state index contributed by atoms with van der Waals surface area (Å²) in [4.78, 5) is 27.0. The zero-order chi connectivity index (χ0) is 12.5. The number of aldehydes is 1. The average Bonchev–Trinajstić information content (AvgIpc) is 2.86. The van der Waals surface area contributed by atoms with E-state index in [0.717, 1.165) is 12.0 Å². The molecule has 2 heterocycles. The Balaban J connectivity index is 2.24. The molecule has 0 aliphatic carbocycles. The highest BCUT2D eigenvalue weighted by molar-refractivity contribution is 5.95. The SMILES string of the molecule is CC[C@]1(C=O)C(=O)OC[C@@H]1Cc1cncn1C. The van der Waals surface area contributed by atoms with Gasteiger partial charge in [0.2, 0.25) is 0 Å². The third-order valence-electron chi connectivity index (χ3n) is 3.69. The van der Waals surface area contributed by atoms with Crippen LogP contribution in [-0.4, -0.2) is 28.4 Å². The number of cyclic esters (lactones) is 1. The van der Waals surface area contributed by atoms with Crippen LogP contribution in [0, 0.1) is 11.3 Å². The lowest BCUT2D eigenvalue weighted by Crippen LogP contribution is -2.35. The molecule has 0 radical (unpaired) electrons. The maximum absolute atomic E-state index is 11.7.